The van der Waals surface area contributed by atoms with Crippen LogP contribution in [0.4, 0.5) is 5.69 Å². The zero-order valence-corrected chi connectivity index (χ0v) is 14.8. The Hall–Kier alpha value is -3.16. The van der Waals surface area contributed by atoms with E-state index in [9.17, 15) is 9.59 Å². The number of para-hydroxylation sites is 1. The van der Waals surface area contributed by atoms with E-state index in [0.717, 1.165) is 36.0 Å². The molecule has 2 aliphatic heterocycles. The number of H-pyrrole nitrogens is 1. The second-order valence-electron chi connectivity index (χ2n) is 7.14. The van der Waals surface area contributed by atoms with E-state index in [0.29, 0.717) is 25.2 Å². The van der Waals surface area contributed by atoms with Crippen molar-refractivity contribution in [3.05, 3.63) is 42.4 Å². The minimum absolute atomic E-state index is 0.0583. The number of rotatable bonds is 3. The lowest BCUT2D eigenvalue weighted by molar-refractivity contribution is -0.117. The molecule has 4 heterocycles. The van der Waals surface area contributed by atoms with Gasteiger partial charge in [0.25, 0.3) is 5.91 Å². The Bertz CT molecular complexity index is 1020. The third kappa shape index (κ3) is 2.68. The molecule has 8 nitrogen and oxygen atoms in total. The number of fused-ring (bicyclic) bond motifs is 1. The number of nitrogens with one attached hydrogen (secondary N) is 1. The molecular formula is C19H20N6O2. The van der Waals surface area contributed by atoms with Gasteiger partial charge in [-0.3, -0.25) is 19.4 Å². The number of nitrogens with zero attached hydrogens (tertiary/aromatic N) is 5. The summed E-state index contributed by atoms with van der Waals surface area (Å²) in [4.78, 5) is 28.4. The van der Waals surface area contributed by atoms with Crippen LogP contribution in [-0.4, -0.2) is 56.3 Å². The SMILES string of the molecule is O=C(c1n[nH]c2ccccc12)N1CCC(n2cc(N3CCCC3=O)cn2)C1. The Morgan fingerprint density at radius 2 is 2.11 bits per heavy atom. The minimum Gasteiger partial charge on any atom is -0.335 e. The van der Waals surface area contributed by atoms with Crippen molar-refractivity contribution >= 4 is 28.4 Å². The smallest absolute Gasteiger partial charge is 0.275 e. The van der Waals surface area contributed by atoms with E-state index >= 15 is 0 Å². The molecule has 5 rings (SSSR count). The summed E-state index contributed by atoms with van der Waals surface area (Å²) in [5.74, 6) is 0.0974. The Morgan fingerprint density at radius 3 is 2.96 bits per heavy atom. The molecule has 0 saturated carbocycles. The van der Waals surface area contributed by atoms with Crippen LogP contribution in [0.5, 0.6) is 0 Å². The Morgan fingerprint density at radius 1 is 1.22 bits per heavy atom. The summed E-state index contributed by atoms with van der Waals surface area (Å²) in [6.45, 7) is 2.02. The maximum absolute atomic E-state index is 12.9. The lowest BCUT2D eigenvalue weighted by Crippen LogP contribution is -2.29. The molecule has 2 aliphatic rings. The first-order valence-electron chi connectivity index (χ1n) is 9.27. The number of aromatic amines is 1. The lowest BCUT2D eigenvalue weighted by Gasteiger charge is -2.16. The molecule has 2 amide bonds. The highest BCUT2D eigenvalue weighted by atomic mass is 16.2. The van der Waals surface area contributed by atoms with Crippen LogP contribution in [-0.2, 0) is 4.79 Å². The van der Waals surface area contributed by atoms with Gasteiger partial charge in [0.2, 0.25) is 5.91 Å². The van der Waals surface area contributed by atoms with Gasteiger partial charge in [0.15, 0.2) is 5.69 Å². The molecule has 0 radical (unpaired) electrons. The highest BCUT2D eigenvalue weighted by Crippen LogP contribution is 2.27. The number of hydrogen-bond donors (Lipinski definition) is 1. The fourth-order valence-electron chi connectivity index (χ4n) is 4.01. The normalized spacial score (nSPS) is 20.1. The summed E-state index contributed by atoms with van der Waals surface area (Å²) < 4.78 is 1.89. The topological polar surface area (TPSA) is 87.1 Å². The van der Waals surface area contributed by atoms with Gasteiger partial charge in [-0.15, -0.1) is 0 Å². The van der Waals surface area contributed by atoms with Crippen molar-refractivity contribution in [3.8, 4) is 0 Å². The summed E-state index contributed by atoms with van der Waals surface area (Å²) >= 11 is 0. The number of amides is 2. The summed E-state index contributed by atoms with van der Waals surface area (Å²) in [6, 6.07) is 7.77. The lowest BCUT2D eigenvalue weighted by atomic mass is 10.2. The number of benzene rings is 1. The van der Waals surface area contributed by atoms with E-state index in [1.54, 1.807) is 11.1 Å². The average Bonchev–Trinajstić information content (AvgIpc) is 3.45. The van der Waals surface area contributed by atoms with Crippen molar-refractivity contribution in [1.29, 1.82) is 0 Å². The molecule has 2 aromatic heterocycles. The zero-order chi connectivity index (χ0) is 18.4. The Balaban J connectivity index is 1.32. The monoisotopic (exact) mass is 364 g/mol. The van der Waals surface area contributed by atoms with Crippen LogP contribution in [0.25, 0.3) is 10.9 Å². The predicted molar refractivity (Wildman–Crippen MR) is 99.5 cm³/mol. The average molecular weight is 364 g/mol. The number of carbonyl (C=O) groups excluding carboxylic acids is 2. The van der Waals surface area contributed by atoms with Crippen LogP contribution in [0.15, 0.2) is 36.7 Å². The summed E-state index contributed by atoms with van der Waals surface area (Å²) in [7, 11) is 0. The highest BCUT2D eigenvalue weighted by Gasteiger charge is 2.31. The zero-order valence-electron chi connectivity index (χ0n) is 14.8. The summed E-state index contributed by atoms with van der Waals surface area (Å²) in [5, 5.41) is 12.4. The molecule has 2 saturated heterocycles. The molecule has 1 N–H and O–H groups in total. The number of anilines is 1. The van der Waals surface area contributed by atoms with E-state index in [2.05, 4.69) is 15.3 Å². The minimum atomic E-state index is -0.0583. The molecule has 3 aromatic rings. The molecule has 138 valence electrons. The highest BCUT2D eigenvalue weighted by molar-refractivity contribution is 6.04. The van der Waals surface area contributed by atoms with Gasteiger partial charge >= 0.3 is 0 Å². The van der Waals surface area contributed by atoms with Crippen molar-refractivity contribution in [2.75, 3.05) is 24.5 Å². The second kappa shape index (κ2) is 6.22. The Labute approximate surface area is 155 Å². The summed E-state index contributed by atoms with van der Waals surface area (Å²) in [6.07, 6.45) is 6.01. The number of hydrogen-bond acceptors (Lipinski definition) is 4. The van der Waals surface area contributed by atoms with Gasteiger partial charge < -0.3 is 9.80 Å². The number of aromatic nitrogens is 4. The van der Waals surface area contributed by atoms with Gasteiger partial charge in [0.05, 0.1) is 23.4 Å². The standard InChI is InChI=1S/C19H20N6O2/c26-17-6-3-8-24(17)14-10-20-25(12-14)13-7-9-23(11-13)19(27)18-15-4-1-2-5-16(15)21-22-18/h1-2,4-5,10,12-13H,3,6-9,11H2,(H,21,22). The van der Waals surface area contributed by atoms with Crippen LogP contribution >= 0.6 is 0 Å². The van der Waals surface area contributed by atoms with Crippen molar-refractivity contribution in [2.24, 2.45) is 0 Å². The van der Waals surface area contributed by atoms with Gasteiger partial charge in [-0.05, 0) is 18.9 Å². The van der Waals surface area contributed by atoms with Crippen LogP contribution in [0.3, 0.4) is 0 Å². The van der Waals surface area contributed by atoms with Crippen LogP contribution in [0.1, 0.15) is 35.8 Å². The molecule has 2 fully saturated rings. The molecule has 0 aliphatic carbocycles. The summed E-state index contributed by atoms with van der Waals surface area (Å²) in [5.41, 5.74) is 2.18. The fraction of sp³-hybridized carbons (Fsp3) is 0.368. The first-order valence-corrected chi connectivity index (χ1v) is 9.27. The number of likely N-dealkylation sites (tertiary alicyclic amines) is 1. The number of carbonyl (C=O) groups is 2. The first-order chi connectivity index (χ1) is 13.2. The van der Waals surface area contributed by atoms with Crippen molar-refractivity contribution < 1.29 is 9.59 Å². The van der Waals surface area contributed by atoms with Crippen LogP contribution in [0.2, 0.25) is 0 Å². The quantitative estimate of drug-likeness (QED) is 0.770. The van der Waals surface area contributed by atoms with Gasteiger partial charge in [-0.25, -0.2) is 0 Å². The van der Waals surface area contributed by atoms with Crippen LogP contribution in [0, 0.1) is 0 Å². The van der Waals surface area contributed by atoms with E-state index < -0.39 is 0 Å². The Kier molecular flexibility index (Phi) is 3.70. The first kappa shape index (κ1) is 16.0. The molecule has 27 heavy (non-hydrogen) atoms. The molecule has 1 unspecified atom stereocenters. The maximum Gasteiger partial charge on any atom is 0.275 e. The van der Waals surface area contributed by atoms with Gasteiger partial charge in [-0.2, -0.15) is 10.2 Å². The van der Waals surface area contributed by atoms with E-state index in [4.69, 9.17) is 0 Å². The predicted octanol–water partition coefficient (Wildman–Crippen LogP) is 1.97. The molecule has 0 bridgehead atoms. The molecule has 1 atom stereocenters. The van der Waals surface area contributed by atoms with Crippen molar-refractivity contribution in [2.45, 2.75) is 25.3 Å². The fourth-order valence-corrected chi connectivity index (χ4v) is 4.01. The van der Waals surface area contributed by atoms with Crippen LogP contribution < -0.4 is 4.90 Å². The molecular weight excluding hydrogens is 344 g/mol. The molecule has 1 aromatic carbocycles. The van der Waals surface area contributed by atoms with E-state index in [1.165, 1.54) is 0 Å². The molecule has 8 heteroatoms. The van der Waals surface area contributed by atoms with Gasteiger partial charge in [0, 0.05) is 37.6 Å². The maximum atomic E-state index is 12.9. The third-order valence-electron chi connectivity index (χ3n) is 5.47. The van der Waals surface area contributed by atoms with Gasteiger partial charge in [0.1, 0.15) is 0 Å². The van der Waals surface area contributed by atoms with E-state index in [-0.39, 0.29) is 17.9 Å². The largest absolute Gasteiger partial charge is 0.335 e. The third-order valence-corrected chi connectivity index (χ3v) is 5.47. The second-order valence-corrected chi connectivity index (χ2v) is 7.14. The van der Waals surface area contributed by atoms with Crippen molar-refractivity contribution in [3.63, 3.8) is 0 Å². The molecule has 0 spiro atoms. The van der Waals surface area contributed by atoms with Crippen molar-refractivity contribution in [1.82, 2.24) is 24.9 Å². The van der Waals surface area contributed by atoms with Gasteiger partial charge in [-0.1, -0.05) is 18.2 Å². The van der Waals surface area contributed by atoms with E-state index in [1.807, 2.05) is 40.0 Å².